The Morgan fingerprint density at radius 3 is 2.55 bits per heavy atom. The van der Waals surface area contributed by atoms with Gasteiger partial charge in [0.05, 0.1) is 12.7 Å². The summed E-state index contributed by atoms with van der Waals surface area (Å²) >= 11 is 0. The molecule has 0 aromatic heterocycles. The molecular weight excluding hydrogens is 256 g/mol. The van der Waals surface area contributed by atoms with Crippen LogP contribution in [-0.2, 0) is 0 Å². The number of benzene rings is 2. The number of rotatable bonds is 2. The number of carbonyl (C=O) groups is 1. The molecule has 3 rings (SSSR count). The highest BCUT2D eigenvalue weighted by Crippen LogP contribution is 2.40. The number of methoxy groups -OCH3 is 1. The fourth-order valence-electron chi connectivity index (χ4n) is 2.45. The van der Waals surface area contributed by atoms with E-state index in [2.05, 4.69) is 0 Å². The highest BCUT2D eigenvalue weighted by molar-refractivity contribution is 6.05. The van der Waals surface area contributed by atoms with E-state index in [0.717, 1.165) is 5.56 Å². The van der Waals surface area contributed by atoms with Crippen LogP contribution in [0.25, 0.3) is 0 Å². The summed E-state index contributed by atoms with van der Waals surface area (Å²) in [5.41, 5.74) is 1.17. The molecule has 0 saturated heterocycles. The van der Waals surface area contributed by atoms with Crippen LogP contribution in [0.5, 0.6) is 11.5 Å². The molecule has 1 aliphatic heterocycles. The lowest BCUT2D eigenvalue weighted by molar-refractivity contribution is -0.0400. The molecule has 4 heteroatoms. The lowest BCUT2D eigenvalue weighted by Gasteiger charge is -2.30. The number of hydrogen-bond acceptors (Lipinski definition) is 4. The van der Waals surface area contributed by atoms with Gasteiger partial charge in [-0.1, -0.05) is 36.4 Å². The molecule has 0 amide bonds. The van der Waals surface area contributed by atoms with E-state index in [1.807, 2.05) is 18.2 Å². The zero-order valence-corrected chi connectivity index (χ0v) is 10.9. The summed E-state index contributed by atoms with van der Waals surface area (Å²) in [6, 6.07) is 14.2. The third-order valence-electron chi connectivity index (χ3n) is 3.43. The van der Waals surface area contributed by atoms with Crippen molar-refractivity contribution in [1.29, 1.82) is 0 Å². The van der Waals surface area contributed by atoms with Gasteiger partial charge in [0.2, 0.25) is 6.29 Å². The number of ketones is 1. The van der Waals surface area contributed by atoms with E-state index in [1.54, 1.807) is 30.3 Å². The standard InChI is InChI=1S/C16H14O4/c1-19-12-9-5-8-11-14(17)13(16(18)20-15(11)12)10-6-3-2-4-7-10/h2-9,13,16,18H,1H3. The van der Waals surface area contributed by atoms with Gasteiger partial charge in [-0.25, -0.2) is 0 Å². The summed E-state index contributed by atoms with van der Waals surface area (Å²) in [6.45, 7) is 0. The molecule has 1 N–H and O–H groups in total. The van der Waals surface area contributed by atoms with Crippen LogP contribution in [0.2, 0.25) is 0 Å². The minimum atomic E-state index is -1.21. The normalized spacial score (nSPS) is 21.0. The fraction of sp³-hybridized carbons (Fsp3) is 0.188. The number of aliphatic hydroxyl groups is 1. The molecule has 2 aromatic carbocycles. The molecule has 0 radical (unpaired) electrons. The Labute approximate surface area is 116 Å². The molecule has 2 unspecified atom stereocenters. The molecule has 0 fully saturated rings. The second kappa shape index (κ2) is 4.98. The zero-order valence-electron chi connectivity index (χ0n) is 10.9. The molecule has 0 bridgehead atoms. The number of carbonyl (C=O) groups excluding carboxylic acids is 1. The summed E-state index contributed by atoms with van der Waals surface area (Å²) in [7, 11) is 1.50. The maximum atomic E-state index is 12.6. The zero-order chi connectivity index (χ0) is 14.1. The van der Waals surface area contributed by atoms with Gasteiger partial charge in [-0.15, -0.1) is 0 Å². The Bertz CT molecular complexity index is 636. The number of fused-ring (bicyclic) bond motifs is 1. The second-order valence-corrected chi connectivity index (χ2v) is 4.60. The monoisotopic (exact) mass is 270 g/mol. The summed E-state index contributed by atoms with van der Waals surface area (Å²) in [6.07, 6.45) is -1.21. The summed E-state index contributed by atoms with van der Waals surface area (Å²) < 4.78 is 10.7. The predicted molar refractivity (Wildman–Crippen MR) is 73.1 cm³/mol. The maximum Gasteiger partial charge on any atom is 0.211 e. The Kier molecular flexibility index (Phi) is 3.16. The quantitative estimate of drug-likeness (QED) is 0.910. The van der Waals surface area contributed by atoms with Gasteiger partial charge < -0.3 is 14.6 Å². The number of para-hydroxylation sites is 1. The number of Topliss-reactive ketones (excluding diaryl/α,β-unsaturated/α-hetero) is 1. The summed E-state index contributed by atoms with van der Waals surface area (Å²) in [4.78, 5) is 12.6. The van der Waals surface area contributed by atoms with Gasteiger partial charge in [-0.2, -0.15) is 0 Å². The van der Waals surface area contributed by atoms with Crippen LogP contribution in [0, 0.1) is 0 Å². The van der Waals surface area contributed by atoms with Crippen molar-refractivity contribution < 1.29 is 19.4 Å². The predicted octanol–water partition coefficient (Wildman–Crippen LogP) is 2.37. The van der Waals surface area contributed by atoms with Gasteiger partial charge >= 0.3 is 0 Å². The van der Waals surface area contributed by atoms with Crippen molar-refractivity contribution in [3.8, 4) is 11.5 Å². The number of ether oxygens (including phenoxy) is 2. The highest BCUT2D eigenvalue weighted by Gasteiger charge is 2.38. The second-order valence-electron chi connectivity index (χ2n) is 4.60. The first-order valence-electron chi connectivity index (χ1n) is 6.33. The van der Waals surface area contributed by atoms with Gasteiger partial charge in [0, 0.05) is 0 Å². The average molecular weight is 270 g/mol. The molecule has 1 heterocycles. The van der Waals surface area contributed by atoms with Gasteiger partial charge in [0.1, 0.15) is 5.92 Å². The van der Waals surface area contributed by atoms with Gasteiger partial charge in [-0.05, 0) is 17.7 Å². The molecular formula is C16H14O4. The third kappa shape index (κ3) is 1.94. The molecule has 1 aliphatic rings. The van der Waals surface area contributed by atoms with Gasteiger partial charge in [0.15, 0.2) is 17.3 Å². The number of hydrogen-bond donors (Lipinski definition) is 1. The van der Waals surface area contributed by atoms with E-state index >= 15 is 0 Å². The summed E-state index contributed by atoms with van der Waals surface area (Å²) in [5, 5.41) is 10.2. The SMILES string of the molecule is COc1cccc2c1OC(O)C(c1ccccc1)C2=O. The van der Waals surface area contributed by atoms with Crippen molar-refractivity contribution in [1.82, 2.24) is 0 Å². The molecule has 0 aliphatic carbocycles. The van der Waals surface area contributed by atoms with Crippen molar-refractivity contribution in [3.63, 3.8) is 0 Å². The molecule has 0 spiro atoms. The molecule has 2 atom stereocenters. The van der Waals surface area contributed by atoms with Gasteiger partial charge in [-0.3, -0.25) is 4.79 Å². The van der Waals surface area contributed by atoms with Crippen LogP contribution in [0.3, 0.4) is 0 Å². The molecule has 0 saturated carbocycles. The minimum absolute atomic E-state index is 0.163. The Morgan fingerprint density at radius 1 is 1.10 bits per heavy atom. The third-order valence-corrected chi connectivity index (χ3v) is 3.43. The van der Waals surface area contributed by atoms with E-state index in [1.165, 1.54) is 7.11 Å². The number of aliphatic hydroxyl groups excluding tert-OH is 1. The molecule has 20 heavy (non-hydrogen) atoms. The van der Waals surface area contributed by atoms with E-state index in [4.69, 9.17) is 9.47 Å². The lowest BCUT2D eigenvalue weighted by atomic mass is 9.87. The Hall–Kier alpha value is -2.33. The van der Waals surface area contributed by atoms with E-state index < -0.39 is 12.2 Å². The van der Waals surface area contributed by atoms with Gasteiger partial charge in [0.25, 0.3) is 0 Å². The molecule has 2 aromatic rings. The van der Waals surface area contributed by atoms with Crippen molar-refractivity contribution in [2.24, 2.45) is 0 Å². The molecule has 102 valence electrons. The smallest absolute Gasteiger partial charge is 0.211 e. The van der Waals surface area contributed by atoms with Crippen molar-refractivity contribution >= 4 is 5.78 Å². The topological polar surface area (TPSA) is 55.8 Å². The van der Waals surface area contributed by atoms with Crippen molar-refractivity contribution in [2.75, 3.05) is 7.11 Å². The first-order chi connectivity index (χ1) is 9.72. The first-order valence-corrected chi connectivity index (χ1v) is 6.33. The Balaban J connectivity index is 2.08. The van der Waals surface area contributed by atoms with E-state index in [-0.39, 0.29) is 5.78 Å². The van der Waals surface area contributed by atoms with Crippen LogP contribution < -0.4 is 9.47 Å². The summed E-state index contributed by atoms with van der Waals surface area (Å²) in [5.74, 6) is -0.124. The van der Waals surface area contributed by atoms with E-state index in [0.29, 0.717) is 17.1 Å². The molecule has 4 nitrogen and oxygen atoms in total. The van der Waals surface area contributed by atoms with Crippen LogP contribution in [-0.4, -0.2) is 24.3 Å². The largest absolute Gasteiger partial charge is 0.493 e. The van der Waals surface area contributed by atoms with Crippen LogP contribution in [0.4, 0.5) is 0 Å². The first kappa shape index (κ1) is 12.7. The van der Waals surface area contributed by atoms with E-state index in [9.17, 15) is 9.90 Å². The minimum Gasteiger partial charge on any atom is -0.493 e. The van der Waals surface area contributed by atoms with Crippen LogP contribution in [0.1, 0.15) is 21.8 Å². The average Bonchev–Trinajstić information content (AvgIpc) is 2.48. The van der Waals surface area contributed by atoms with Crippen LogP contribution in [0.15, 0.2) is 48.5 Å². The van der Waals surface area contributed by atoms with Crippen LogP contribution >= 0.6 is 0 Å². The Morgan fingerprint density at radius 2 is 1.85 bits per heavy atom. The fourth-order valence-corrected chi connectivity index (χ4v) is 2.45. The lowest BCUT2D eigenvalue weighted by Crippen LogP contribution is -2.35. The maximum absolute atomic E-state index is 12.6. The van der Waals surface area contributed by atoms with Crippen molar-refractivity contribution in [2.45, 2.75) is 12.2 Å². The van der Waals surface area contributed by atoms with Crippen molar-refractivity contribution in [3.05, 3.63) is 59.7 Å². The highest BCUT2D eigenvalue weighted by atomic mass is 16.6.